The number of halogens is 4. The van der Waals surface area contributed by atoms with Gasteiger partial charge in [0.2, 0.25) is 23.3 Å². The van der Waals surface area contributed by atoms with E-state index in [2.05, 4.69) is 24.9 Å². The number of aromatic nitrogens is 1. The zero-order valence-corrected chi connectivity index (χ0v) is 43.5. The third-order valence-electron chi connectivity index (χ3n) is 10.6. The summed E-state index contributed by atoms with van der Waals surface area (Å²) in [5.41, 5.74) is 8.65. The molecular formula is C50H74F4N6O16. The number of nitrogens with one attached hydrogen (secondary N) is 1. The number of amides is 2. The third kappa shape index (κ3) is 25.5. The molecule has 76 heavy (non-hydrogen) atoms. The number of carbonyl (C=O) groups excluding carboxylic acids is 3. The molecule has 1 saturated heterocycles. The molecule has 0 saturated carbocycles. The maximum Gasteiger partial charge on any atom is 0.313 e. The zero-order chi connectivity index (χ0) is 54.6. The SMILES string of the molecule is CCCN(OCC)C(=O)C1=Cc2ncc(N3CCO[C@@H](CNC(=O)CCOCCOCCOCCOCCOCCOCCOCCOCCOCCOCCC(=O)Oc4c(F)c(F)cc(F)c4F)C3)cc2N=C(N)C1. The number of ether oxygens (including phenoxy) is 12. The van der Waals surface area contributed by atoms with Gasteiger partial charge in [0.25, 0.3) is 5.91 Å². The number of hydrogen-bond acceptors (Lipinski definition) is 20. The van der Waals surface area contributed by atoms with Gasteiger partial charge in [0.1, 0.15) is 5.84 Å². The van der Waals surface area contributed by atoms with Crippen LogP contribution in [0.2, 0.25) is 0 Å². The van der Waals surface area contributed by atoms with Crippen molar-refractivity contribution in [2.45, 2.75) is 45.6 Å². The van der Waals surface area contributed by atoms with Crippen molar-refractivity contribution in [3.8, 4) is 5.75 Å². The number of amidine groups is 1. The maximum absolute atomic E-state index is 13.6. The van der Waals surface area contributed by atoms with Crippen LogP contribution in [0.3, 0.4) is 0 Å². The summed E-state index contributed by atoms with van der Waals surface area (Å²) in [6.45, 7) is 13.2. The monoisotopic (exact) mass is 1090 g/mol. The Morgan fingerprint density at radius 1 is 0.711 bits per heavy atom. The van der Waals surface area contributed by atoms with Gasteiger partial charge in [-0.2, -0.15) is 8.78 Å². The number of fused-ring (bicyclic) bond motifs is 1. The van der Waals surface area contributed by atoms with E-state index in [-0.39, 0.29) is 69.9 Å². The highest BCUT2D eigenvalue weighted by molar-refractivity contribution is 6.05. The zero-order valence-electron chi connectivity index (χ0n) is 43.5. The van der Waals surface area contributed by atoms with E-state index in [1.165, 1.54) is 5.06 Å². The molecule has 1 aromatic heterocycles. The number of benzene rings is 1. The number of aliphatic imine (C=N–C) groups is 1. The second kappa shape index (κ2) is 38.6. The summed E-state index contributed by atoms with van der Waals surface area (Å²) in [4.78, 5) is 54.3. The first-order valence-electron chi connectivity index (χ1n) is 25.4. The highest BCUT2D eigenvalue weighted by Gasteiger charge is 2.26. The van der Waals surface area contributed by atoms with Crippen molar-refractivity contribution < 1.29 is 93.6 Å². The Kier molecular flexibility index (Phi) is 32.2. The van der Waals surface area contributed by atoms with Crippen LogP contribution in [0, 0.1) is 23.3 Å². The number of nitrogens with zero attached hydrogens (tertiary/aromatic N) is 4. The van der Waals surface area contributed by atoms with Crippen LogP contribution in [0.5, 0.6) is 5.75 Å². The van der Waals surface area contributed by atoms with Crippen molar-refractivity contribution in [2.75, 3.05) is 176 Å². The molecular weight excluding hydrogens is 1020 g/mol. The fraction of sp³-hybridized carbons (Fsp3) is 0.660. The standard InChI is InChI=1S/C50H74F4N6O16/c1-3-7-60(75-4-2)50(63)37-30-42-43(58-44(55)31-37)32-38(34-56-42)59-8-11-74-39(36-59)35-57-45(61)5-9-64-12-14-66-16-18-68-20-22-70-24-26-72-28-29-73-27-25-71-23-21-69-19-17-67-15-13-65-10-6-46(62)76-49-47(53)40(51)33-41(52)48(49)54/h30,32-34,39H,3-29,31,35-36H2,1-2H3,(H2,55,58)(H,57,61)/t39-/m0/s1. The summed E-state index contributed by atoms with van der Waals surface area (Å²) in [5.74, 6) is -9.62. The summed E-state index contributed by atoms with van der Waals surface area (Å²) >= 11 is 0. The molecule has 0 spiro atoms. The van der Waals surface area contributed by atoms with E-state index in [4.69, 9.17) is 62.7 Å². The van der Waals surface area contributed by atoms with E-state index in [1.807, 2.05) is 19.9 Å². The fourth-order valence-corrected chi connectivity index (χ4v) is 6.91. The van der Waals surface area contributed by atoms with Crippen molar-refractivity contribution in [1.29, 1.82) is 0 Å². The van der Waals surface area contributed by atoms with Crippen LogP contribution in [-0.4, -0.2) is 211 Å². The number of anilines is 1. The molecule has 2 aliphatic rings. The molecule has 428 valence electrons. The topological polar surface area (TPSA) is 241 Å². The van der Waals surface area contributed by atoms with Crippen LogP contribution in [0.15, 0.2) is 28.9 Å². The summed E-state index contributed by atoms with van der Waals surface area (Å²) in [6, 6.07) is 1.92. The number of nitrogens with two attached hydrogens (primary N) is 1. The molecule has 4 rings (SSSR count). The smallest absolute Gasteiger partial charge is 0.313 e. The van der Waals surface area contributed by atoms with E-state index in [9.17, 15) is 31.9 Å². The summed E-state index contributed by atoms with van der Waals surface area (Å²) < 4.78 is 118. The van der Waals surface area contributed by atoms with Crippen LogP contribution in [0.1, 0.15) is 45.2 Å². The molecule has 0 unspecified atom stereocenters. The highest BCUT2D eigenvalue weighted by atomic mass is 19.2. The van der Waals surface area contributed by atoms with Gasteiger partial charge in [-0.3, -0.25) is 24.2 Å². The van der Waals surface area contributed by atoms with Crippen LogP contribution < -0.4 is 20.7 Å². The first-order chi connectivity index (χ1) is 37.0. The second-order valence-corrected chi connectivity index (χ2v) is 16.5. The van der Waals surface area contributed by atoms with Crippen LogP contribution in [0.4, 0.5) is 28.9 Å². The normalized spacial score (nSPS) is 14.5. The Balaban J connectivity index is 0.850. The third-order valence-corrected chi connectivity index (χ3v) is 10.6. The molecule has 0 aliphatic carbocycles. The Hall–Kier alpha value is -4.97. The molecule has 2 aromatic rings. The van der Waals surface area contributed by atoms with Crippen molar-refractivity contribution in [3.63, 3.8) is 0 Å². The van der Waals surface area contributed by atoms with Gasteiger partial charge in [-0.1, -0.05) is 6.92 Å². The summed E-state index contributed by atoms with van der Waals surface area (Å²) in [5, 5.41) is 4.29. The largest absolute Gasteiger partial charge is 0.420 e. The molecule has 3 heterocycles. The quantitative estimate of drug-likeness (QED) is 0.0242. The molecule has 1 atom stereocenters. The van der Waals surface area contributed by atoms with E-state index in [0.29, 0.717) is 161 Å². The number of esters is 1. The van der Waals surface area contributed by atoms with Gasteiger partial charge in [-0.25, -0.2) is 18.8 Å². The van der Waals surface area contributed by atoms with Crippen molar-refractivity contribution in [1.82, 2.24) is 15.4 Å². The predicted molar refractivity (Wildman–Crippen MR) is 266 cm³/mol. The highest BCUT2D eigenvalue weighted by Crippen LogP contribution is 2.31. The van der Waals surface area contributed by atoms with Gasteiger partial charge in [-0.05, 0) is 25.5 Å². The first kappa shape index (κ1) is 63.6. The Labute approximate surface area is 440 Å². The van der Waals surface area contributed by atoms with Gasteiger partial charge < -0.3 is 72.8 Å². The number of rotatable bonds is 42. The van der Waals surface area contributed by atoms with Gasteiger partial charge >= 0.3 is 5.97 Å². The predicted octanol–water partition coefficient (Wildman–Crippen LogP) is 3.48. The molecule has 0 radical (unpaired) electrons. The number of carbonyl (C=O) groups is 3. The molecule has 1 fully saturated rings. The minimum atomic E-state index is -1.80. The van der Waals surface area contributed by atoms with Gasteiger partial charge in [0.15, 0.2) is 11.6 Å². The van der Waals surface area contributed by atoms with E-state index < -0.39 is 41.4 Å². The first-order valence-corrected chi connectivity index (χ1v) is 25.4. The fourth-order valence-electron chi connectivity index (χ4n) is 6.91. The average Bonchev–Trinajstić information content (AvgIpc) is 3.59. The molecule has 26 heteroatoms. The number of hydroxylamine groups is 2. The molecule has 2 amide bonds. The average molecular weight is 1090 g/mol. The van der Waals surface area contributed by atoms with Crippen molar-refractivity contribution in [2.24, 2.45) is 10.7 Å². The second-order valence-electron chi connectivity index (χ2n) is 16.5. The lowest BCUT2D eigenvalue weighted by atomic mass is 10.1. The van der Waals surface area contributed by atoms with Crippen LogP contribution in [-0.2, 0) is 71.3 Å². The Bertz CT molecular complexity index is 2050. The molecule has 3 N–H and O–H groups in total. The van der Waals surface area contributed by atoms with Crippen molar-refractivity contribution >= 4 is 41.1 Å². The number of morpholine rings is 1. The molecule has 2 aliphatic heterocycles. The minimum Gasteiger partial charge on any atom is -0.420 e. The van der Waals surface area contributed by atoms with Crippen molar-refractivity contribution in [3.05, 3.63) is 52.9 Å². The Morgan fingerprint density at radius 2 is 1.20 bits per heavy atom. The van der Waals surface area contributed by atoms with E-state index in [1.54, 1.807) is 12.3 Å². The van der Waals surface area contributed by atoms with Gasteiger partial charge in [0.05, 0.1) is 181 Å². The lowest BCUT2D eigenvalue weighted by Gasteiger charge is -2.34. The Morgan fingerprint density at radius 3 is 1.68 bits per heavy atom. The van der Waals surface area contributed by atoms with Crippen LogP contribution >= 0.6 is 0 Å². The lowest BCUT2D eigenvalue weighted by Crippen LogP contribution is -2.47. The molecule has 0 bridgehead atoms. The summed E-state index contributed by atoms with van der Waals surface area (Å²) in [6.07, 6.45) is 3.96. The molecule has 1 aromatic carbocycles. The van der Waals surface area contributed by atoms with Gasteiger partial charge in [-0.15, -0.1) is 0 Å². The minimum absolute atomic E-state index is 0.0142. The molecule has 22 nitrogen and oxygen atoms in total. The van der Waals surface area contributed by atoms with E-state index in [0.717, 1.165) is 12.1 Å². The number of pyridine rings is 1. The van der Waals surface area contributed by atoms with Gasteiger partial charge in [0, 0.05) is 50.7 Å². The maximum atomic E-state index is 13.6. The lowest BCUT2D eigenvalue weighted by molar-refractivity contribution is -0.180. The summed E-state index contributed by atoms with van der Waals surface area (Å²) in [7, 11) is 0. The van der Waals surface area contributed by atoms with E-state index >= 15 is 0 Å². The van der Waals surface area contributed by atoms with Crippen LogP contribution in [0.25, 0.3) is 6.08 Å². The number of hydrogen-bond donors (Lipinski definition) is 2.